The van der Waals surface area contributed by atoms with Crippen LogP contribution in [0, 0.1) is 5.41 Å². The van der Waals surface area contributed by atoms with Gasteiger partial charge in [-0.15, -0.1) is 0 Å². The van der Waals surface area contributed by atoms with Crippen LogP contribution in [0.4, 0.5) is 0 Å². The summed E-state index contributed by atoms with van der Waals surface area (Å²) in [6.45, 7) is 12.7. The molecule has 0 unspecified atom stereocenters. The van der Waals surface area contributed by atoms with Gasteiger partial charge in [0.15, 0.2) is 0 Å². The van der Waals surface area contributed by atoms with Crippen LogP contribution in [0.3, 0.4) is 0 Å². The second-order valence-electron chi connectivity index (χ2n) is 7.73. The molecule has 0 radical (unpaired) electrons. The van der Waals surface area contributed by atoms with Crippen LogP contribution < -0.4 is 0 Å². The van der Waals surface area contributed by atoms with E-state index in [0.29, 0.717) is 18.9 Å². The third-order valence-corrected chi connectivity index (χ3v) is 4.45. The van der Waals surface area contributed by atoms with Gasteiger partial charge < -0.3 is 9.80 Å². The number of hydrogen-bond donors (Lipinski definition) is 0. The second-order valence-corrected chi connectivity index (χ2v) is 7.73. The highest BCUT2D eigenvalue weighted by atomic mass is 16.2. The molecule has 0 aliphatic carbocycles. The Labute approximate surface area is 144 Å². The van der Waals surface area contributed by atoms with Gasteiger partial charge in [-0.25, -0.2) is 9.97 Å². The lowest BCUT2D eigenvalue weighted by molar-refractivity contribution is -0.151. The monoisotopic (exact) mass is 332 g/mol. The molecule has 0 N–H and O–H groups in total. The van der Waals surface area contributed by atoms with Gasteiger partial charge in [-0.05, 0) is 26.8 Å². The van der Waals surface area contributed by atoms with E-state index < -0.39 is 5.41 Å². The SMILES string of the molecule is C[C@@H]1CN(C(=O)C(C)(C)C)C[C@H](C)N1C(=O)[C@H](C)c1ncccn1. The summed E-state index contributed by atoms with van der Waals surface area (Å²) in [5.41, 5.74) is -0.406. The Balaban J connectivity index is 2.13. The number of hydrogen-bond acceptors (Lipinski definition) is 4. The zero-order valence-corrected chi connectivity index (χ0v) is 15.5. The molecule has 0 saturated carbocycles. The molecule has 2 heterocycles. The predicted molar refractivity (Wildman–Crippen MR) is 92.3 cm³/mol. The smallest absolute Gasteiger partial charge is 0.233 e. The van der Waals surface area contributed by atoms with Gasteiger partial charge in [-0.3, -0.25) is 9.59 Å². The van der Waals surface area contributed by atoms with Crippen molar-refractivity contribution in [2.45, 2.75) is 59.5 Å². The topological polar surface area (TPSA) is 66.4 Å². The highest BCUT2D eigenvalue weighted by Crippen LogP contribution is 2.25. The van der Waals surface area contributed by atoms with Crippen LogP contribution in [-0.4, -0.2) is 56.8 Å². The summed E-state index contributed by atoms with van der Waals surface area (Å²) in [5.74, 6) is 0.299. The normalized spacial score (nSPS) is 23.1. The van der Waals surface area contributed by atoms with Crippen LogP contribution in [0.25, 0.3) is 0 Å². The maximum atomic E-state index is 12.9. The largest absolute Gasteiger partial charge is 0.338 e. The summed E-state index contributed by atoms with van der Waals surface area (Å²) in [7, 11) is 0. The molecule has 0 spiro atoms. The van der Waals surface area contributed by atoms with Crippen LogP contribution in [0.2, 0.25) is 0 Å². The summed E-state index contributed by atoms with van der Waals surface area (Å²) in [5, 5.41) is 0. The van der Waals surface area contributed by atoms with Crippen molar-refractivity contribution in [3.63, 3.8) is 0 Å². The number of nitrogens with zero attached hydrogens (tertiary/aromatic N) is 4. The molecule has 132 valence electrons. The van der Waals surface area contributed by atoms with E-state index in [2.05, 4.69) is 9.97 Å². The molecule has 1 fully saturated rings. The number of carbonyl (C=O) groups excluding carboxylic acids is 2. The van der Waals surface area contributed by atoms with Gasteiger partial charge in [0.2, 0.25) is 11.8 Å². The molecule has 6 heteroatoms. The average Bonchev–Trinajstić information content (AvgIpc) is 2.52. The molecular formula is C18H28N4O2. The van der Waals surface area contributed by atoms with E-state index in [-0.39, 0.29) is 29.8 Å². The summed E-state index contributed by atoms with van der Waals surface area (Å²) in [4.78, 5) is 37.6. The molecule has 24 heavy (non-hydrogen) atoms. The fraction of sp³-hybridized carbons (Fsp3) is 0.667. The minimum Gasteiger partial charge on any atom is -0.338 e. The number of rotatable bonds is 2. The quantitative estimate of drug-likeness (QED) is 0.831. The minimum atomic E-state index is -0.406. The van der Waals surface area contributed by atoms with Crippen molar-refractivity contribution in [3.05, 3.63) is 24.3 Å². The first-order valence-electron chi connectivity index (χ1n) is 8.51. The summed E-state index contributed by atoms with van der Waals surface area (Å²) in [6.07, 6.45) is 3.30. The number of amides is 2. The van der Waals surface area contributed by atoms with Gasteiger partial charge in [0, 0.05) is 43.0 Å². The minimum absolute atomic E-state index is 0.0176. The summed E-state index contributed by atoms with van der Waals surface area (Å²) >= 11 is 0. The summed E-state index contributed by atoms with van der Waals surface area (Å²) < 4.78 is 0. The van der Waals surface area contributed by atoms with E-state index in [0.717, 1.165) is 0 Å². The Bertz CT molecular complexity index is 585. The van der Waals surface area contributed by atoms with E-state index in [1.807, 2.05) is 51.3 Å². The van der Waals surface area contributed by atoms with Crippen LogP contribution in [0.15, 0.2) is 18.5 Å². The van der Waals surface area contributed by atoms with Crippen LogP contribution in [-0.2, 0) is 9.59 Å². The average molecular weight is 332 g/mol. The van der Waals surface area contributed by atoms with Gasteiger partial charge >= 0.3 is 0 Å². The summed E-state index contributed by atoms with van der Waals surface area (Å²) in [6, 6.07) is 1.68. The standard InChI is InChI=1S/C18H28N4O2/c1-12-10-21(17(24)18(4,5)6)11-13(2)22(12)16(23)14(3)15-19-8-7-9-20-15/h7-9,12-14H,10-11H2,1-6H3/t12-,13+,14-/m1/s1. The number of piperazine rings is 1. The molecule has 0 bridgehead atoms. The number of carbonyl (C=O) groups is 2. The lowest BCUT2D eigenvalue weighted by Crippen LogP contribution is -2.61. The Morgan fingerprint density at radius 1 is 1.12 bits per heavy atom. The first-order chi connectivity index (χ1) is 11.1. The molecule has 1 aromatic rings. The van der Waals surface area contributed by atoms with Gasteiger partial charge in [-0.1, -0.05) is 20.8 Å². The Morgan fingerprint density at radius 2 is 1.62 bits per heavy atom. The molecule has 6 nitrogen and oxygen atoms in total. The molecule has 2 amide bonds. The highest BCUT2D eigenvalue weighted by molar-refractivity contribution is 5.84. The van der Waals surface area contributed by atoms with Crippen molar-refractivity contribution >= 4 is 11.8 Å². The Morgan fingerprint density at radius 3 is 2.08 bits per heavy atom. The van der Waals surface area contributed by atoms with Gasteiger partial charge in [0.05, 0.1) is 5.92 Å². The van der Waals surface area contributed by atoms with Crippen molar-refractivity contribution in [2.75, 3.05) is 13.1 Å². The first kappa shape index (κ1) is 18.4. The fourth-order valence-corrected chi connectivity index (χ4v) is 3.27. The van der Waals surface area contributed by atoms with E-state index in [1.165, 1.54) is 0 Å². The van der Waals surface area contributed by atoms with Crippen LogP contribution in [0.5, 0.6) is 0 Å². The third-order valence-electron chi connectivity index (χ3n) is 4.45. The lowest BCUT2D eigenvalue weighted by Gasteiger charge is -2.46. The fourth-order valence-electron chi connectivity index (χ4n) is 3.27. The highest BCUT2D eigenvalue weighted by Gasteiger charge is 2.39. The van der Waals surface area contributed by atoms with Gasteiger partial charge in [-0.2, -0.15) is 0 Å². The van der Waals surface area contributed by atoms with Crippen molar-refractivity contribution in [2.24, 2.45) is 5.41 Å². The molecule has 2 rings (SSSR count). The van der Waals surface area contributed by atoms with Crippen molar-refractivity contribution < 1.29 is 9.59 Å². The lowest BCUT2D eigenvalue weighted by atomic mass is 9.93. The maximum Gasteiger partial charge on any atom is 0.233 e. The third kappa shape index (κ3) is 3.74. The van der Waals surface area contributed by atoms with Gasteiger partial charge in [0.25, 0.3) is 0 Å². The second kappa shape index (κ2) is 6.87. The number of aromatic nitrogens is 2. The molecule has 1 aliphatic heterocycles. The van der Waals surface area contributed by atoms with Crippen molar-refractivity contribution in [3.8, 4) is 0 Å². The van der Waals surface area contributed by atoms with E-state index in [9.17, 15) is 9.59 Å². The van der Waals surface area contributed by atoms with Crippen molar-refractivity contribution in [1.29, 1.82) is 0 Å². The molecule has 3 atom stereocenters. The molecule has 1 saturated heterocycles. The predicted octanol–water partition coefficient (Wildman–Crippen LogP) is 2.07. The van der Waals surface area contributed by atoms with E-state index >= 15 is 0 Å². The van der Waals surface area contributed by atoms with Crippen LogP contribution >= 0.6 is 0 Å². The Hall–Kier alpha value is -1.98. The molecule has 1 aliphatic rings. The molecule has 1 aromatic heterocycles. The molecular weight excluding hydrogens is 304 g/mol. The molecule has 0 aromatic carbocycles. The zero-order valence-electron chi connectivity index (χ0n) is 15.5. The van der Waals surface area contributed by atoms with Crippen LogP contribution in [0.1, 0.15) is 53.3 Å². The van der Waals surface area contributed by atoms with Crippen molar-refractivity contribution in [1.82, 2.24) is 19.8 Å². The zero-order chi connectivity index (χ0) is 18.1. The Kier molecular flexibility index (Phi) is 5.26. The first-order valence-corrected chi connectivity index (χ1v) is 8.51. The van der Waals surface area contributed by atoms with E-state index in [1.54, 1.807) is 18.5 Å². The van der Waals surface area contributed by atoms with Gasteiger partial charge in [0.1, 0.15) is 5.82 Å². The maximum absolute atomic E-state index is 12.9. The van der Waals surface area contributed by atoms with E-state index in [4.69, 9.17) is 0 Å².